The van der Waals surface area contributed by atoms with Crippen molar-refractivity contribution >= 4 is 5.96 Å². The molecule has 2 rings (SSSR count). The monoisotopic (exact) mass is 348 g/mol. The van der Waals surface area contributed by atoms with E-state index in [1.807, 2.05) is 11.5 Å². The molecule has 7 nitrogen and oxygen atoms in total. The number of rotatable bonds is 9. The summed E-state index contributed by atoms with van der Waals surface area (Å²) in [6.45, 7) is 4.28. The molecule has 0 spiro atoms. The van der Waals surface area contributed by atoms with Gasteiger partial charge in [-0.1, -0.05) is 0 Å². The zero-order valence-electron chi connectivity index (χ0n) is 14.7. The third-order valence-electron chi connectivity index (χ3n) is 3.53. The van der Waals surface area contributed by atoms with Crippen molar-refractivity contribution in [3.8, 4) is 5.75 Å². The highest BCUT2D eigenvalue weighted by Gasteiger charge is 2.06. The number of aromatic nitrogens is 3. The molecule has 8 heteroatoms. The summed E-state index contributed by atoms with van der Waals surface area (Å²) >= 11 is 0. The van der Waals surface area contributed by atoms with Crippen molar-refractivity contribution in [3.05, 3.63) is 42.7 Å². The minimum absolute atomic E-state index is 0.0715. The van der Waals surface area contributed by atoms with E-state index in [-0.39, 0.29) is 11.9 Å². The molecule has 1 aromatic carbocycles. The van der Waals surface area contributed by atoms with Crippen LogP contribution in [-0.2, 0) is 6.54 Å². The Hall–Kier alpha value is -2.64. The molecule has 136 valence electrons. The molecule has 0 radical (unpaired) electrons. The van der Waals surface area contributed by atoms with Crippen molar-refractivity contribution in [2.24, 2.45) is 4.99 Å². The van der Waals surface area contributed by atoms with Gasteiger partial charge in [0.15, 0.2) is 5.96 Å². The molecule has 0 aliphatic carbocycles. The van der Waals surface area contributed by atoms with E-state index < -0.39 is 0 Å². The van der Waals surface area contributed by atoms with Crippen LogP contribution in [0.3, 0.4) is 0 Å². The van der Waals surface area contributed by atoms with Crippen LogP contribution in [0.4, 0.5) is 4.39 Å². The lowest BCUT2D eigenvalue weighted by atomic mass is 10.3. The predicted octanol–water partition coefficient (Wildman–Crippen LogP) is 1.83. The molecule has 1 heterocycles. The minimum atomic E-state index is -0.271. The Morgan fingerprint density at radius 2 is 1.92 bits per heavy atom. The first-order valence-corrected chi connectivity index (χ1v) is 8.36. The van der Waals surface area contributed by atoms with Crippen molar-refractivity contribution in [1.29, 1.82) is 0 Å². The van der Waals surface area contributed by atoms with E-state index in [4.69, 9.17) is 4.74 Å². The average molecular weight is 348 g/mol. The lowest BCUT2D eigenvalue weighted by molar-refractivity contribution is 0.223. The van der Waals surface area contributed by atoms with E-state index in [0.29, 0.717) is 12.3 Å². The third kappa shape index (κ3) is 7.19. The predicted molar refractivity (Wildman–Crippen MR) is 95.1 cm³/mol. The van der Waals surface area contributed by atoms with E-state index in [1.54, 1.807) is 31.8 Å². The summed E-state index contributed by atoms with van der Waals surface area (Å²) in [6.07, 6.45) is 5.41. The van der Waals surface area contributed by atoms with E-state index in [2.05, 4.69) is 25.8 Å². The molecular formula is C17H25FN6O. The van der Waals surface area contributed by atoms with E-state index >= 15 is 0 Å². The third-order valence-corrected chi connectivity index (χ3v) is 3.53. The maximum absolute atomic E-state index is 12.9. The molecular weight excluding hydrogens is 323 g/mol. The Balaban J connectivity index is 1.59. The van der Waals surface area contributed by atoms with Crippen LogP contribution in [0, 0.1) is 5.82 Å². The summed E-state index contributed by atoms with van der Waals surface area (Å²) in [5.41, 5.74) is 0. The Morgan fingerprint density at radius 1 is 1.20 bits per heavy atom. The number of ether oxygens (including phenoxy) is 1. The van der Waals surface area contributed by atoms with E-state index in [9.17, 15) is 4.39 Å². The number of halogens is 1. The maximum atomic E-state index is 12.9. The summed E-state index contributed by atoms with van der Waals surface area (Å²) in [4.78, 5) is 4.19. The molecule has 0 fully saturated rings. The Labute approximate surface area is 147 Å². The van der Waals surface area contributed by atoms with Gasteiger partial charge in [-0.3, -0.25) is 4.99 Å². The molecule has 0 bridgehead atoms. The molecule has 0 saturated heterocycles. The van der Waals surface area contributed by atoms with Gasteiger partial charge in [0, 0.05) is 20.1 Å². The highest BCUT2D eigenvalue weighted by Crippen LogP contribution is 2.12. The van der Waals surface area contributed by atoms with Crippen molar-refractivity contribution in [3.63, 3.8) is 0 Å². The van der Waals surface area contributed by atoms with Crippen LogP contribution in [-0.4, -0.2) is 47.0 Å². The molecule has 0 aliphatic heterocycles. The number of guanidine groups is 1. The summed E-state index contributed by atoms with van der Waals surface area (Å²) in [7, 11) is 1.73. The van der Waals surface area contributed by atoms with Crippen LogP contribution in [0.5, 0.6) is 5.75 Å². The van der Waals surface area contributed by atoms with Crippen LogP contribution in [0.1, 0.15) is 19.8 Å². The summed E-state index contributed by atoms with van der Waals surface area (Å²) < 4.78 is 20.6. The minimum Gasteiger partial charge on any atom is -0.489 e. The average Bonchev–Trinajstić information content (AvgIpc) is 3.13. The molecule has 0 saturated carbocycles. The van der Waals surface area contributed by atoms with Crippen LogP contribution >= 0.6 is 0 Å². The Morgan fingerprint density at radius 3 is 2.60 bits per heavy atom. The molecule has 0 aliphatic rings. The number of aryl methyl sites for hydroxylation is 1. The zero-order chi connectivity index (χ0) is 17.9. The number of nitrogens with zero attached hydrogens (tertiary/aromatic N) is 4. The van der Waals surface area contributed by atoms with Gasteiger partial charge >= 0.3 is 0 Å². The highest BCUT2D eigenvalue weighted by molar-refractivity contribution is 5.79. The summed E-state index contributed by atoms with van der Waals surface area (Å²) in [5.74, 6) is 1.11. The first kappa shape index (κ1) is 18.7. The van der Waals surface area contributed by atoms with Crippen molar-refractivity contribution < 1.29 is 9.13 Å². The van der Waals surface area contributed by atoms with E-state index in [1.165, 1.54) is 12.1 Å². The molecule has 25 heavy (non-hydrogen) atoms. The lowest BCUT2D eigenvalue weighted by Gasteiger charge is -2.17. The molecule has 0 amide bonds. The number of aliphatic imine (C=N–C) groups is 1. The molecule has 1 aromatic heterocycles. The zero-order valence-corrected chi connectivity index (χ0v) is 14.7. The topological polar surface area (TPSA) is 76.4 Å². The summed E-state index contributed by atoms with van der Waals surface area (Å²) in [5, 5.41) is 14.0. The van der Waals surface area contributed by atoms with Crippen molar-refractivity contribution in [2.75, 3.05) is 20.1 Å². The van der Waals surface area contributed by atoms with Gasteiger partial charge in [-0.2, -0.15) is 0 Å². The Bertz CT molecular complexity index is 629. The first-order chi connectivity index (χ1) is 12.2. The molecule has 2 N–H and O–H groups in total. The number of hydrogen-bond acceptors (Lipinski definition) is 4. The fourth-order valence-corrected chi connectivity index (χ4v) is 2.21. The largest absolute Gasteiger partial charge is 0.489 e. The van der Waals surface area contributed by atoms with Gasteiger partial charge in [0.2, 0.25) is 0 Å². The second-order valence-electron chi connectivity index (χ2n) is 5.67. The van der Waals surface area contributed by atoms with Crippen LogP contribution in [0.25, 0.3) is 0 Å². The van der Waals surface area contributed by atoms with Crippen LogP contribution in [0.2, 0.25) is 0 Å². The van der Waals surface area contributed by atoms with Crippen molar-refractivity contribution in [2.45, 2.75) is 32.4 Å². The fraction of sp³-hybridized carbons (Fsp3) is 0.471. The standard InChI is InChI=1S/C17H25FN6O/c1-14(25-16-7-5-15(18)6-8-16)11-21-17(19-2)20-9-3-4-10-24-12-22-23-13-24/h5-8,12-14H,3-4,9-11H2,1-2H3,(H2,19,20,21). The van der Waals surface area contributed by atoms with Gasteiger partial charge < -0.3 is 19.9 Å². The number of unbranched alkanes of at least 4 members (excludes halogenated alkanes) is 1. The highest BCUT2D eigenvalue weighted by atomic mass is 19.1. The van der Waals surface area contributed by atoms with Crippen LogP contribution < -0.4 is 15.4 Å². The van der Waals surface area contributed by atoms with Gasteiger partial charge in [-0.15, -0.1) is 10.2 Å². The van der Waals surface area contributed by atoms with Crippen LogP contribution in [0.15, 0.2) is 41.9 Å². The molecule has 1 atom stereocenters. The first-order valence-electron chi connectivity index (χ1n) is 8.36. The number of hydrogen-bond donors (Lipinski definition) is 2. The van der Waals surface area contributed by atoms with Gasteiger partial charge in [-0.05, 0) is 44.0 Å². The second-order valence-corrected chi connectivity index (χ2v) is 5.67. The quantitative estimate of drug-likeness (QED) is 0.411. The lowest BCUT2D eigenvalue weighted by Crippen LogP contribution is -2.42. The SMILES string of the molecule is CN=C(NCCCCn1cnnc1)NCC(C)Oc1ccc(F)cc1. The van der Waals surface area contributed by atoms with Gasteiger partial charge in [0.05, 0.1) is 6.54 Å². The van der Waals surface area contributed by atoms with Gasteiger partial charge in [0.1, 0.15) is 30.3 Å². The molecule has 2 aromatic rings. The fourth-order valence-electron chi connectivity index (χ4n) is 2.21. The smallest absolute Gasteiger partial charge is 0.191 e. The maximum Gasteiger partial charge on any atom is 0.191 e. The summed E-state index contributed by atoms with van der Waals surface area (Å²) in [6, 6.07) is 6.01. The van der Waals surface area contributed by atoms with Gasteiger partial charge in [-0.25, -0.2) is 4.39 Å². The Kier molecular flexibility index (Phi) is 7.68. The van der Waals surface area contributed by atoms with Gasteiger partial charge in [0.25, 0.3) is 0 Å². The molecule has 1 unspecified atom stereocenters. The second kappa shape index (κ2) is 10.3. The van der Waals surface area contributed by atoms with E-state index in [0.717, 1.165) is 31.9 Å². The normalized spacial score (nSPS) is 12.7. The van der Waals surface area contributed by atoms with Crippen molar-refractivity contribution in [1.82, 2.24) is 25.4 Å². The number of benzene rings is 1. The number of nitrogens with one attached hydrogen (secondary N) is 2.